The number of carbonyl (C=O) groups excluding carboxylic acids is 1. The number of nitrogens with zero attached hydrogens (tertiary/aromatic N) is 3. The van der Waals surface area contributed by atoms with Gasteiger partial charge in [0.25, 0.3) is 5.91 Å². The topological polar surface area (TPSA) is 90.4 Å². The molecule has 3 N–H and O–H groups in total. The molecule has 1 aromatic carbocycles. The summed E-state index contributed by atoms with van der Waals surface area (Å²) in [4.78, 5) is 21.3. The van der Waals surface area contributed by atoms with Crippen LogP contribution in [0.3, 0.4) is 0 Å². The first-order chi connectivity index (χ1) is 15.0. The van der Waals surface area contributed by atoms with Crippen LogP contribution in [0.25, 0.3) is 0 Å². The number of hydrogen-bond acceptors (Lipinski definition) is 6. The fourth-order valence-electron chi connectivity index (χ4n) is 4.02. The molecule has 2 atom stereocenters. The highest BCUT2D eigenvalue weighted by atomic mass is 19.4. The molecule has 1 saturated carbocycles. The number of carbonyl (C=O) groups is 1. The van der Waals surface area contributed by atoms with E-state index < -0.39 is 29.4 Å². The number of anilines is 1. The van der Waals surface area contributed by atoms with E-state index in [9.17, 15) is 31.1 Å². The Morgan fingerprint density at radius 2 is 1.53 bits per heavy atom. The van der Waals surface area contributed by atoms with Crippen LogP contribution in [0.5, 0.6) is 0 Å². The van der Waals surface area contributed by atoms with E-state index >= 15 is 0 Å². The number of alkyl halides is 6. The lowest BCUT2D eigenvalue weighted by atomic mass is 10.0. The molecule has 1 aromatic heterocycles. The molecule has 2 aliphatic rings. The van der Waals surface area contributed by atoms with Crippen molar-refractivity contribution < 1.29 is 36.3 Å². The van der Waals surface area contributed by atoms with E-state index in [1.807, 2.05) is 4.90 Å². The van der Waals surface area contributed by atoms with Crippen LogP contribution in [-0.2, 0) is 18.9 Å². The predicted molar refractivity (Wildman–Crippen MR) is 97.6 cm³/mol. The number of hydrogen-bond donors (Lipinski definition) is 3. The van der Waals surface area contributed by atoms with Crippen LogP contribution in [0.4, 0.5) is 32.3 Å². The van der Waals surface area contributed by atoms with Crippen LogP contribution in [0.1, 0.15) is 27.0 Å². The van der Waals surface area contributed by atoms with Crippen molar-refractivity contribution in [2.45, 2.75) is 24.9 Å². The van der Waals surface area contributed by atoms with E-state index in [1.54, 1.807) is 0 Å². The van der Waals surface area contributed by atoms with Crippen LogP contribution in [0.2, 0.25) is 0 Å². The Hall–Kier alpha value is -2.93. The molecule has 32 heavy (non-hydrogen) atoms. The molecule has 7 nitrogen and oxygen atoms in total. The van der Waals surface area contributed by atoms with Gasteiger partial charge in [0.15, 0.2) is 0 Å². The number of piperidine rings is 1. The van der Waals surface area contributed by atoms with Crippen LogP contribution >= 0.6 is 0 Å². The lowest BCUT2D eigenvalue weighted by Crippen LogP contribution is -2.32. The zero-order valence-electron chi connectivity index (χ0n) is 16.2. The molecule has 1 amide bonds. The van der Waals surface area contributed by atoms with Gasteiger partial charge in [0.1, 0.15) is 0 Å². The van der Waals surface area contributed by atoms with Gasteiger partial charge in [-0.05, 0) is 35.6 Å². The Kier molecular flexibility index (Phi) is 5.49. The van der Waals surface area contributed by atoms with Crippen molar-refractivity contribution in [2.24, 2.45) is 11.8 Å². The summed E-state index contributed by atoms with van der Waals surface area (Å²) in [6, 6.07) is 1.53. The maximum Gasteiger partial charge on any atom is 0.416 e. The van der Waals surface area contributed by atoms with Crippen molar-refractivity contribution in [3.05, 3.63) is 52.8 Å². The monoisotopic (exact) mass is 461 g/mol. The predicted octanol–water partition coefficient (Wildman–Crippen LogP) is 2.86. The molecule has 4 rings (SSSR count). The normalized spacial score (nSPS) is 22.6. The molecule has 1 aliphatic carbocycles. The smallest absolute Gasteiger partial charge is 0.340 e. The second-order valence-corrected chi connectivity index (χ2v) is 7.77. The van der Waals surface area contributed by atoms with Crippen molar-refractivity contribution in [1.82, 2.24) is 20.8 Å². The second-order valence-electron chi connectivity index (χ2n) is 7.77. The van der Waals surface area contributed by atoms with Gasteiger partial charge in [0.05, 0.1) is 16.7 Å². The Balaban J connectivity index is 1.36. The third kappa shape index (κ3) is 4.48. The van der Waals surface area contributed by atoms with Crippen molar-refractivity contribution >= 4 is 11.9 Å². The second kappa shape index (κ2) is 7.89. The van der Waals surface area contributed by atoms with Gasteiger partial charge in [0.2, 0.25) is 5.95 Å². The number of rotatable bonds is 5. The first kappa shape index (κ1) is 22.3. The zero-order valence-corrected chi connectivity index (χ0v) is 16.2. The average molecular weight is 461 g/mol. The Morgan fingerprint density at radius 3 is 2.00 bits per heavy atom. The summed E-state index contributed by atoms with van der Waals surface area (Å²) in [6.07, 6.45) is -7.22. The number of fused-ring (bicyclic) bond motifs is 1. The highest BCUT2D eigenvalue weighted by Crippen LogP contribution is 2.46. The first-order valence-corrected chi connectivity index (χ1v) is 9.50. The minimum atomic E-state index is -4.87. The van der Waals surface area contributed by atoms with Gasteiger partial charge < -0.3 is 10.2 Å². The van der Waals surface area contributed by atoms with Crippen LogP contribution in [-0.4, -0.2) is 40.2 Å². The minimum absolute atomic E-state index is 0.0328. The molecule has 0 spiro atoms. The van der Waals surface area contributed by atoms with Gasteiger partial charge in [-0.2, -0.15) is 26.3 Å². The SMILES string of the molecule is O=C(NO)c1cnc(N2CC3C(C2)C3NCc2cc(C(F)(F)F)cc(C(F)(F)F)c2)nc1. The summed E-state index contributed by atoms with van der Waals surface area (Å²) >= 11 is 0. The van der Waals surface area contributed by atoms with Crippen LogP contribution < -0.4 is 15.7 Å². The molecular weight excluding hydrogens is 444 g/mol. The first-order valence-electron chi connectivity index (χ1n) is 9.50. The molecular formula is C19H17F6N5O2. The number of halogens is 6. The third-order valence-corrected chi connectivity index (χ3v) is 5.67. The molecule has 2 unspecified atom stereocenters. The van der Waals surface area contributed by atoms with Crippen LogP contribution in [0.15, 0.2) is 30.6 Å². The molecule has 1 saturated heterocycles. The summed E-state index contributed by atoms with van der Waals surface area (Å²) in [5.41, 5.74) is -1.19. The van der Waals surface area contributed by atoms with Crippen molar-refractivity contribution in [2.75, 3.05) is 18.0 Å². The van der Waals surface area contributed by atoms with Gasteiger partial charge in [0, 0.05) is 38.1 Å². The fourth-order valence-corrected chi connectivity index (χ4v) is 4.02. The van der Waals surface area contributed by atoms with E-state index in [0.29, 0.717) is 19.0 Å². The molecule has 2 aromatic rings. The number of benzene rings is 1. The van der Waals surface area contributed by atoms with Gasteiger partial charge in [-0.25, -0.2) is 15.4 Å². The zero-order chi connectivity index (χ0) is 23.3. The summed E-state index contributed by atoms with van der Waals surface area (Å²) in [7, 11) is 0. The molecule has 2 fully saturated rings. The van der Waals surface area contributed by atoms with Gasteiger partial charge in [-0.3, -0.25) is 10.0 Å². The quantitative estimate of drug-likeness (QED) is 0.361. The molecule has 172 valence electrons. The highest BCUT2D eigenvalue weighted by molar-refractivity contribution is 5.92. The minimum Gasteiger partial charge on any atom is -0.340 e. The van der Waals surface area contributed by atoms with Gasteiger partial charge in [-0.1, -0.05) is 0 Å². The number of aromatic nitrogens is 2. The van der Waals surface area contributed by atoms with E-state index in [1.165, 1.54) is 17.9 Å². The lowest BCUT2D eigenvalue weighted by Gasteiger charge is -2.20. The lowest BCUT2D eigenvalue weighted by molar-refractivity contribution is -0.143. The molecule has 0 bridgehead atoms. The van der Waals surface area contributed by atoms with E-state index in [-0.39, 0.29) is 41.6 Å². The van der Waals surface area contributed by atoms with Gasteiger partial charge >= 0.3 is 12.4 Å². The van der Waals surface area contributed by atoms with E-state index in [4.69, 9.17) is 5.21 Å². The summed E-state index contributed by atoms with van der Waals surface area (Å²) < 4.78 is 77.9. The summed E-state index contributed by atoms with van der Waals surface area (Å²) in [5, 5.41) is 11.7. The largest absolute Gasteiger partial charge is 0.416 e. The summed E-state index contributed by atoms with van der Waals surface area (Å²) in [5.74, 6) is -0.0368. The molecule has 1 aliphatic heterocycles. The maximum atomic E-state index is 13.0. The van der Waals surface area contributed by atoms with Crippen molar-refractivity contribution in [3.63, 3.8) is 0 Å². The maximum absolute atomic E-state index is 13.0. The number of hydroxylamine groups is 1. The average Bonchev–Trinajstić information content (AvgIpc) is 3.19. The molecule has 2 heterocycles. The Labute approximate surface area is 177 Å². The van der Waals surface area contributed by atoms with Crippen LogP contribution in [0, 0.1) is 11.8 Å². The third-order valence-electron chi connectivity index (χ3n) is 5.67. The van der Waals surface area contributed by atoms with E-state index in [0.717, 1.165) is 12.1 Å². The van der Waals surface area contributed by atoms with E-state index in [2.05, 4.69) is 15.3 Å². The van der Waals surface area contributed by atoms with Crippen molar-refractivity contribution in [3.8, 4) is 0 Å². The summed E-state index contributed by atoms with van der Waals surface area (Å²) in [6.45, 7) is 1.00. The standard InChI is InChI=1S/C19H17F6N5O2/c20-18(21,22)11-1-9(2-12(3-11)19(23,24)25)4-26-15-13-7-30(8-14(13)15)17-27-5-10(6-28-17)16(31)29-32/h1-3,5-6,13-15,26,32H,4,7-8H2,(H,29,31). The Bertz CT molecular complexity index is 966. The number of nitrogens with one attached hydrogen (secondary N) is 2. The molecule has 0 radical (unpaired) electrons. The highest BCUT2D eigenvalue weighted by Gasteiger charge is 2.56. The van der Waals surface area contributed by atoms with Crippen molar-refractivity contribution in [1.29, 1.82) is 0 Å². The Morgan fingerprint density at radius 1 is 1.00 bits per heavy atom. The molecule has 13 heteroatoms. The number of amides is 1. The van der Waals surface area contributed by atoms with Gasteiger partial charge in [-0.15, -0.1) is 0 Å². The fraction of sp³-hybridized carbons (Fsp3) is 0.421.